The third-order valence-corrected chi connectivity index (χ3v) is 3.31. The second-order valence-corrected chi connectivity index (χ2v) is 4.85. The number of hydrogen-bond acceptors (Lipinski definition) is 4. The van der Waals surface area contributed by atoms with Gasteiger partial charge in [0.2, 0.25) is 0 Å². The molecule has 0 saturated carbocycles. The number of rotatable bonds is 4. The Morgan fingerprint density at radius 1 is 1.00 bits per heavy atom. The molecule has 0 aliphatic rings. The van der Waals surface area contributed by atoms with Gasteiger partial charge in [0.05, 0.1) is 6.54 Å². The van der Waals surface area contributed by atoms with Gasteiger partial charge in [-0.15, -0.1) is 22.8 Å². The number of hydrogen-bond donors (Lipinski definition) is 2. The Labute approximate surface area is 127 Å². The molecule has 0 aliphatic heterocycles. The average molecular weight is 300 g/mol. The van der Waals surface area contributed by atoms with Crippen molar-refractivity contribution in [3.63, 3.8) is 0 Å². The van der Waals surface area contributed by atoms with Crippen LogP contribution < -0.4 is 5.32 Å². The van der Waals surface area contributed by atoms with E-state index in [1.54, 1.807) is 12.1 Å². The first-order valence-electron chi connectivity index (χ1n) is 6.42. The predicted molar refractivity (Wildman–Crippen MR) is 82.3 cm³/mol. The molecule has 0 bridgehead atoms. The quantitative estimate of drug-likeness (QED) is 0.727. The van der Waals surface area contributed by atoms with Crippen LogP contribution in [0.3, 0.4) is 0 Å². The largest absolute Gasteiger partial charge is 0.378 e. The van der Waals surface area contributed by atoms with Gasteiger partial charge in [-0.25, -0.2) is 4.39 Å². The van der Waals surface area contributed by atoms with E-state index in [0.29, 0.717) is 11.7 Å². The summed E-state index contributed by atoms with van der Waals surface area (Å²) in [5.41, 5.74) is 1.77. The fraction of sp³-hybridized carbons (Fsp3) is 0.0667. The molecule has 0 saturated heterocycles. The Morgan fingerprint density at radius 3 is 2.43 bits per heavy atom. The number of nitrogens with zero attached hydrogens (tertiary/aromatic N) is 3. The molecule has 3 rings (SSSR count). The zero-order valence-corrected chi connectivity index (χ0v) is 12.0. The average Bonchev–Trinajstić information content (AvgIpc) is 2.88. The fourth-order valence-corrected chi connectivity index (χ4v) is 2.29. The third-order valence-electron chi connectivity index (χ3n) is 3.02. The lowest BCUT2D eigenvalue weighted by atomic mass is 10.3. The van der Waals surface area contributed by atoms with Gasteiger partial charge >= 0.3 is 0 Å². The molecule has 106 valence electrons. The second kappa shape index (κ2) is 5.97. The minimum atomic E-state index is -0.259. The normalized spacial score (nSPS) is 10.6. The van der Waals surface area contributed by atoms with Crippen LogP contribution in [0.5, 0.6) is 0 Å². The summed E-state index contributed by atoms with van der Waals surface area (Å²) in [7, 11) is 0. The van der Waals surface area contributed by atoms with E-state index in [1.807, 2.05) is 34.9 Å². The summed E-state index contributed by atoms with van der Waals surface area (Å²) in [6, 6.07) is 15.9. The van der Waals surface area contributed by atoms with Crippen molar-refractivity contribution in [3.8, 4) is 5.69 Å². The smallest absolute Gasteiger partial charge is 0.192 e. The molecule has 2 aromatic carbocycles. The number of nitrogens with one attached hydrogen (secondary N) is 1. The summed E-state index contributed by atoms with van der Waals surface area (Å²) in [5, 5.41) is 11.8. The number of thiol groups is 1. The maximum Gasteiger partial charge on any atom is 0.192 e. The van der Waals surface area contributed by atoms with E-state index in [2.05, 4.69) is 28.1 Å². The first-order chi connectivity index (χ1) is 10.2. The molecule has 21 heavy (non-hydrogen) atoms. The van der Waals surface area contributed by atoms with Gasteiger partial charge < -0.3 is 5.32 Å². The fourth-order valence-electron chi connectivity index (χ4n) is 2.01. The molecule has 1 N–H and O–H groups in total. The van der Waals surface area contributed by atoms with E-state index in [-0.39, 0.29) is 5.82 Å². The van der Waals surface area contributed by atoms with Gasteiger partial charge in [0.15, 0.2) is 11.0 Å². The maximum absolute atomic E-state index is 12.9. The van der Waals surface area contributed by atoms with E-state index in [9.17, 15) is 4.39 Å². The zero-order valence-electron chi connectivity index (χ0n) is 11.1. The Morgan fingerprint density at radius 2 is 1.71 bits per heavy atom. The van der Waals surface area contributed by atoms with Crippen LogP contribution in [0.2, 0.25) is 0 Å². The predicted octanol–water partition coefficient (Wildman–Crippen LogP) is 3.31. The van der Waals surface area contributed by atoms with Crippen LogP contribution in [0.15, 0.2) is 59.8 Å². The molecule has 0 atom stereocenters. The first kappa shape index (κ1) is 13.6. The van der Waals surface area contributed by atoms with Crippen LogP contribution in [0.1, 0.15) is 5.82 Å². The molecule has 1 heterocycles. The van der Waals surface area contributed by atoms with Crippen molar-refractivity contribution in [1.82, 2.24) is 14.8 Å². The highest BCUT2D eigenvalue weighted by atomic mass is 32.1. The molecule has 0 aliphatic carbocycles. The van der Waals surface area contributed by atoms with Crippen molar-refractivity contribution in [2.45, 2.75) is 11.7 Å². The van der Waals surface area contributed by atoms with Crippen LogP contribution in [-0.2, 0) is 6.54 Å². The Kier molecular flexibility index (Phi) is 3.87. The summed E-state index contributed by atoms with van der Waals surface area (Å²) in [6.45, 7) is 0.466. The summed E-state index contributed by atoms with van der Waals surface area (Å²) in [6.07, 6.45) is 0. The lowest BCUT2D eigenvalue weighted by molar-refractivity contribution is 0.628. The van der Waals surface area contributed by atoms with Crippen molar-refractivity contribution in [3.05, 3.63) is 66.2 Å². The Hall–Kier alpha value is -2.34. The maximum atomic E-state index is 12.9. The highest BCUT2D eigenvalue weighted by Crippen LogP contribution is 2.17. The summed E-state index contributed by atoms with van der Waals surface area (Å²) in [4.78, 5) is 0. The van der Waals surface area contributed by atoms with Gasteiger partial charge in [0, 0.05) is 11.4 Å². The second-order valence-electron chi connectivity index (χ2n) is 4.45. The van der Waals surface area contributed by atoms with Crippen molar-refractivity contribution < 1.29 is 4.39 Å². The molecule has 0 fully saturated rings. The lowest BCUT2D eigenvalue weighted by Gasteiger charge is -2.09. The van der Waals surface area contributed by atoms with Crippen LogP contribution in [0, 0.1) is 5.82 Å². The molecule has 6 heteroatoms. The topological polar surface area (TPSA) is 42.7 Å². The van der Waals surface area contributed by atoms with Gasteiger partial charge in [0.25, 0.3) is 0 Å². The van der Waals surface area contributed by atoms with Gasteiger partial charge in [-0.3, -0.25) is 4.57 Å². The molecule has 0 unspecified atom stereocenters. The molecule has 1 aromatic heterocycles. The van der Waals surface area contributed by atoms with Crippen LogP contribution >= 0.6 is 12.6 Å². The number of aromatic nitrogens is 3. The highest BCUT2D eigenvalue weighted by Gasteiger charge is 2.10. The van der Waals surface area contributed by atoms with E-state index >= 15 is 0 Å². The van der Waals surface area contributed by atoms with Crippen molar-refractivity contribution >= 4 is 18.3 Å². The minimum Gasteiger partial charge on any atom is -0.378 e. The number of benzene rings is 2. The van der Waals surface area contributed by atoms with E-state index in [0.717, 1.165) is 17.2 Å². The van der Waals surface area contributed by atoms with Gasteiger partial charge in [-0.05, 0) is 36.4 Å². The zero-order chi connectivity index (χ0) is 14.7. The monoisotopic (exact) mass is 300 g/mol. The van der Waals surface area contributed by atoms with Crippen molar-refractivity contribution in [1.29, 1.82) is 0 Å². The summed E-state index contributed by atoms with van der Waals surface area (Å²) < 4.78 is 14.7. The molecule has 0 amide bonds. The van der Waals surface area contributed by atoms with Gasteiger partial charge in [-0.1, -0.05) is 18.2 Å². The Bertz CT molecular complexity index is 725. The summed E-state index contributed by atoms with van der Waals surface area (Å²) >= 11 is 4.34. The van der Waals surface area contributed by atoms with Gasteiger partial charge in [-0.2, -0.15) is 0 Å². The van der Waals surface area contributed by atoms with E-state index < -0.39 is 0 Å². The summed E-state index contributed by atoms with van der Waals surface area (Å²) in [5.74, 6) is 0.473. The molecule has 0 spiro atoms. The molecule has 3 aromatic rings. The third kappa shape index (κ3) is 3.05. The van der Waals surface area contributed by atoms with Crippen LogP contribution in [0.4, 0.5) is 10.1 Å². The highest BCUT2D eigenvalue weighted by molar-refractivity contribution is 7.80. The Balaban J connectivity index is 1.82. The number of anilines is 1. The minimum absolute atomic E-state index is 0.259. The van der Waals surface area contributed by atoms with E-state index in [4.69, 9.17) is 0 Å². The molecular formula is C15H13FN4S. The van der Waals surface area contributed by atoms with Gasteiger partial charge in [0.1, 0.15) is 5.82 Å². The lowest BCUT2D eigenvalue weighted by Crippen LogP contribution is -2.07. The van der Waals surface area contributed by atoms with Crippen LogP contribution in [-0.4, -0.2) is 14.8 Å². The molecule has 4 nitrogen and oxygen atoms in total. The van der Waals surface area contributed by atoms with Crippen LogP contribution in [0.25, 0.3) is 5.69 Å². The number of para-hydroxylation sites is 1. The SMILES string of the molecule is Fc1ccc(NCc2nnc(S)n2-c2ccccc2)cc1. The van der Waals surface area contributed by atoms with E-state index in [1.165, 1.54) is 12.1 Å². The number of halogens is 1. The molecular weight excluding hydrogens is 287 g/mol. The van der Waals surface area contributed by atoms with Crippen molar-refractivity contribution in [2.75, 3.05) is 5.32 Å². The first-order valence-corrected chi connectivity index (χ1v) is 6.87. The standard InChI is InChI=1S/C15H13FN4S/c16-11-6-8-12(9-7-11)17-10-14-18-19-15(21)20(14)13-4-2-1-3-5-13/h1-9,17H,10H2,(H,19,21). The molecule has 0 radical (unpaired) electrons. The van der Waals surface area contributed by atoms with Crippen molar-refractivity contribution in [2.24, 2.45) is 0 Å².